The highest BCUT2D eigenvalue weighted by molar-refractivity contribution is 7.81. The number of unbranched alkanes of at least 4 members (excludes halogenated alkanes) is 1. The first-order valence-electron chi connectivity index (χ1n) is 23.0. The van der Waals surface area contributed by atoms with E-state index >= 15 is 0 Å². The Balaban J connectivity index is 0.830. The van der Waals surface area contributed by atoms with Gasteiger partial charge in [-0.05, 0) is 116 Å². The molecule has 19 heteroatoms. The average molecular weight is 1010 g/mol. The van der Waals surface area contributed by atoms with E-state index in [4.69, 9.17) is 21.7 Å². The number of carbonyl (C=O) groups excluding carboxylic acids is 4. The third-order valence-electron chi connectivity index (χ3n) is 12.4. The van der Waals surface area contributed by atoms with E-state index in [2.05, 4.69) is 15.6 Å². The number of nitrogens with one attached hydrogen (secondary N) is 2. The fourth-order valence-electron chi connectivity index (χ4n) is 8.54. The number of likely N-dealkylation sites (tertiary alicyclic amines) is 1. The maximum absolute atomic E-state index is 13.8. The number of thiazole rings is 1. The molecule has 2 aliphatic rings. The van der Waals surface area contributed by atoms with Gasteiger partial charge in [0.2, 0.25) is 17.7 Å². The number of aromatic nitrogens is 1. The molecule has 2 aliphatic heterocycles. The number of amides is 4. The highest BCUT2D eigenvalue weighted by atomic mass is 32.1. The van der Waals surface area contributed by atoms with Gasteiger partial charge >= 0.3 is 6.18 Å². The van der Waals surface area contributed by atoms with Crippen LogP contribution in [0.4, 0.5) is 24.5 Å². The third-order valence-corrected chi connectivity index (χ3v) is 13.7. The van der Waals surface area contributed by atoms with E-state index in [1.54, 1.807) is 67.6 Å². The minimum absolute atomic E-state index is 0.00346. The predicted molar refractivity (Wildman–Crippen MR) is 267 cm³/mol. The number of anilines is 2. The summed E-state index contributed by atoms with van der Waals surface area (Å²) in [5.74, 6) is -1.48. The number of ether oxygens (including phenoxy) is 2. The van der Waals surface area contributed by atoms with Crippen molar-refractivity contribution in [3.05, 3.63) is 119 Å². The molecular formula is C52H54F3N7O7S2. The van der Waals surface area contributed by atoms with Crippen LogP contribution >= 0.6 is 23.6 Å². The van der Waals surface area contributed by atoms with Crippen LogP contribution in [0.2, 0.25) is 0 Å². The van der Waals surface area contributed by atoms with Crippen molar-refractivity contribution in [3.8, 4) is 33.4 Å². The molecule has 372 valence electrons. The highest BCUT2D eigenvalue weighted by Gasteiger charge is 2.51. The molecule has 14 nitrogen and oxygen atoms in total. The van der Waals surface area contributed by atoms with Gasteiger partial charge in [0.05, 0.1) is 51.7 Å². The molecule has 0 bridgehead atoms. The van der Waals surface area contributed by atoms with Gasteiger partial charge in [-0.2, -0.15) is 18.4 Å². The molecule has 4 amide bonds. The van der Waals surface area contributed by atoms with Crippen LogP contribution in [0.15, 0.2) is 96.5 Å². The largest absolute Gasteiger partial charge is 0.494 e. The number of benzene rings is 4. The molecular weight excluding hydrogens is 956 g/mol. The van der Waals surface area contributed by atoms with E-state index in [1.165, 1.54) is 11.0 Å². The van der Waals surface area contributed by atoms with Gasteiger partial charge < -0.3 is 35.0 Å². The van der Waals surface area contributed by atoms with Crippen molar-refractivity contribution in [2.24, 2.45) is 5.92 Å². The van der Waals surface area contributed by atoms with E-state index in [-0.39, 0.29) is 55.3 Å². The lowest BCUT2D eigenvalue weighted by Crippen LogP contribution is -2.55. The van der Waals surface area contributed by atoms with Crippen molar-refractivity contribution in [1.82, 2.24) is 20.5 Å². The second-order valence-corrected chi connectivity index (χ2v) is 19.4. The Bertz CT molecular complexity index is 2800. The number of nitrogens with zero attached hydrogens (tertiary/aromatic N) is 5. The molecule has 2 saturated heterocycles. The van der Waals surface area contributed by atoms with Gasteiger partial charge in [-0.3, -0.25) is 24.1 Å². The third kappa shape index (κ3) is 11.9. The summed E-state index contributed by atoms with van der Waals surface area (Å²) in [6, 6.07) is 25.4. The SMILES string of the molecule is Cc1ncsc1-c1ccc(CNC(=O)[C@@H]2C[C@@H](O)CN2C(=O)C(NC(=O)COCCCCOc2ccc(-c3ccc(N4C(=S)N(c5ccc(C#N)c(C(F)(F)F)c5)C(=O)C4(C)C)cc3)cc2)C(C)C)cc1. The zero-order valence-corrected chi connectivity index (χ0v) is 41.4. The van der Waals surface area contributed by atoms with E-state index in [1.807, 2.05) is 67.6 Å². The molecule has 3 atom stereocenters. The average Bonchev–Trinajstić information content (AvgIpc) is 4.01. The Labute approximate surface area is 419 Å². The van der Waals surface area contributed by atoms with Crippen LogP contribution in [-0.2, 0) is 36.6 Å². The Morgan fingerprint density at radius 3 is 2.21 bits per heavy atom. The number of aliphatic hydroxyl groups excluding tert-OH is 1. The number of alkyl halides is 3. The van der Waals surface area contributed by atoms with Crippen LogP contribution in [0.3, 0.4) is 0 Å². The van der Waals surface area contributed by atoms with Crippen molar-refractivity contribution in [1.29, 1.82) is 5.26 Å². The summed E-state index contributed by atoms with van der Waals surface area (Å²) in [4.78, 5) is 63.1. The lowest BCUT2D eigenvalue weighted by molar-refractivity contribution is -0.143. The fourth-order valence-corrected chi connectivity index (χ4v) is 9.87. The molecule has 0 radical (unpaired) electrons. The van der Waals surface area contributed by atoms with Crippen molar-refractivity contribution < 1.29 is 46.9 Å². The predicted octanol–water partition coefficient (Wildman–Crippen LogP) is 8.19. The number of β-amino-alcohol motifs (C(OH)–C–C–N with tert-alkyl or cyclic N) is 1. The molecule has 7 rings (SSSR count). The minimum Gasteiger partial charge on any atom is -0.494 e. The van der Waals surface area contributed by atoms with Gasteiger partial charge in [0, 0.05) is 31.8 Å². The molecule has 1 aromatic heterocycles. The number of hydrogen-bond acceptors (Lipinski definition) is 11. The van der Waals surface area contributed by atoms with Crippen LogP contribution in [0.1, 0.15) is 69.3 Å². The molecule has 2 fully saturated rings. The first-order chi connectivity index (χ1) is 33.8. The van der Waals surface area contributed by atoms with Crippen molar-refractivity contribution in [3.63, 3.8) is 0 Å². The number of aliphatic hydroxyl groups is 1. The number of halogens is 3. The van der Waals surface area contributed by atoms with E-state index in [0.717, 1.165) is 49.9 Å². The zero-order valence-electron chi connectivity index (χ0n) is 39.8. The van der Waals surface area contributed by atoms with Gasteiger partial charge in [0.15, 0.2) is 5.11 Å². The van der Waals surface area contributed by atoms with Gasteiger partial charge in [0.1, 0.15) is 30.0 Å². The number of hydrogen-bond donors (Lipinski definition) is 3. The molecule has 4 aromatic carbocycles. The summed E-state index contributed by atoms with van der Waals surface area (Å²) in [6.07, 6.45) is -4.36. The smallest absolute Gasteiger partial charge is 0.417 e. The van der Waals surface area contributed by atoms with Gasteiger partial charge in [-0.25, -0.2) is 4.98 Å². The summed E-state index contributed by atoms with van der Waals surface area (Å²) < 4.78 is 52.8. The van der Waals surface area contributed by atoms with Crippen LogP contribution < -0.4 is 25.2 Å². The number of rotatable bonds is 18. The summed E-state index contributed by atoms with van der Waals surface area (Å²) in [5, 5.41) is 25.4. The van der Waals surface area contributed by atoms with E-state index in [0.29, 0.717) is 30.9 Å². The molecule has 5 aromatic rings. The van der Waals surface area contributed by atoms with Gasteiger partial charge in [-0.1, -0.05) is 62.4 Å². The number of thiocarbonyl (C=S) groups is 1. The molecule has 0 aliphatic carbocycles. The van der Waals surface area contributed by atoms with Crippen LogP contribution in [0.5, 0.6) is 5.75 Å². The number of carbonyl (C=O) groups is 4. The Kier molecular flexibility index (Phi) is 16.3. The zero-order chi connectivity index (χ0) is 51.2. The molecule has 3 heterocycles. The van der Waals surface area contributed by atoms with E-state index in [9.17, 15) is 42.7 Å². The highest BCUT2D eigenvalue weighted by Crippen LogP contribution is 2.40. The maximum atomic E-state index is 13.8. The Morgan fingerprint density at radius 1 is 0.958 bits per heavy atom. The quantitative estimate of drug-likeness (QED) is 0.0570. The van der Waals surface area contributed by atoms with E-state index < -0.39 is 58.8 Å². The lowest BCUT2D eigenvalue weighted by atomic mass is 10.0. The maximum Gasteiger partial charge on any atom is 0.417 e. The number of aryl methyl sites for hydroxylation is 1. The fraction of sp³-hybridized carbons (Fsp3) is 0.365. The Hall–Kier alpha value is -6.72. The standard InChI is InChI=1S/C52H54F3N7O7S2/c1-31(2)45(48(66)60-28-40(63)25-43(60)47(65)57-27-33-8-10-36(11-9-33)46-32(3)58-30-71-46)59-44(64)29-68-22-6-7-23-69-41-20-15-35(16-21-41)34-12-17-38(18-13-34)62-50(70)61(49(67)51(62,4)5)39-19-14-37(26-56)42(24-39)52(53,54)55/h8-21,24,30-31,40,43,45,63H,6-7,22-23,25,27-29H2,1-5H3,(H,57,65)(H,59,64)/t40-,43+,45?/m1/s1. The molecule has 3 N–H and O–H groups in total. The molecule has 0 saturated carbocycles. The number of nitriles is 1. The van der Waals surface area contributed by atoms with Crippen molar-refractivity contribution in [2.75, 3.05) is 36.2 Å². The van der Waals surface area contributed by atoms with Gasteiger partial charge in [-0.15, -0.1) is 11.3 Å². The van der Waals surface area contributed by atoms with Gasteiger partial charge in [0.25, 0.3) is 5.91 Å². The monoisotopic (exact) mass is 1010 g/mol. The minimum atomic E-state index is -4.80. The van der Waals surface area contributed by atoms with Crippen molar-refractivity contribution >= 4 is 63.7 Å². The molecule has 71 heavy (non-hydrogen) atoms. The van der Waals surface area contributed by atoms with Crippen molar-refractivity contribution in [2.45, 2.75) is 90.3 Å². The summed E-state index contributed by atoms with van der Waals surface area (Å²) in [5.41, 5.74) is 3.96. The second-order valence-electron chi connectivity index (χ2n) is 18.2. The molecule has 0 spiro atoms. The normalized spacial score (nSPS) is 17.1. The second kappa shape index (κ2) is 22.1. The Morgan fingerprint density at radius 2 is 1.59 bits per heavy atom. The summed E-state index contributed by atoms with van der Waals surface area (Å²) in [6.45, 7) is 9.45. The molecule has 1 unspecified atom stereocenters. The lowest BCUT2D eigenvalue weighted by Gasteiger charge is -2.30. The van der Waals surface area contributed by atoms with Crippen LogP contribution in [-0.4, -0.2) is 93.8 Å². The first kappa shape index (κ1) is 52.1. The summed E-state index contributed by atoms with van der Waals surface area (Å²) >= 11 is 7.23. The van der Waals surface area contributed by atoms with Crippen LogP contribution in [0.25, 0.3) is 21.6 Å². The first-order valence-corrected chi connectivity index (χ1v) is 24.3. The summed E-state index contributed by atoms with van der Waals surface area (Å²) in [7, 11) is 0. The van der Waals surface area contributed by atoms with Crippen LogP contribution in [0, 0.1) is 24.2 Å². The topological polar surface area (TPSA) is 177 Å².